The zero-order valence-corrected chi connectivity index (χ0v) is 17.4. The van der Waals surface area contributed by atoms with Crippen molar-refractivity contribution in [2.24, 2.45) is 0 Å². The van der Waals surface area contributed by atoms with Crippen LogP contribution in [0.15, 0.2) is 48.7 Å². The number of fused-ring (bicyclic) bond motifs is 1. The highest BCUT2D eigenvalue weighted by molar-refractivity contribution is 5.96. The number of carbonyl (C=O) groups is 1. The maximum atomic E-state index is 13.1. The molecule has 0 atom stereocenters. The number of alkyl halides is 3. The Morgan fingerprint density at radius 2 is 1.88 bits per heavy atom. The number of carbonyl (C=O) groups excluding carboxylic acids is 1. The van der Waals surface area contributed by atoms with Crippen LogP contribution in [-0.2, 0) is 6.18 Å². The SMILES string of the molecule is CN(c1cccc2nc(C(F)(F)F)cn12)[C@H]1CC[C@@H](NC(=O)c2ccccc2C#N)CC1. The third kappa shape index (κ3) is 4.26. The maximum absolute atomic E-state index is 13.1. The molecule has 3 aromatic rings. The van der Waals surface area contributed by atoms with E-state index in [-0.39, 0.29) is 23.6 Å². The quantitative estimate of drug-likeness (QED) is 0.651. The zero-order valence-electron chi connectivity index (χ0n) is 17.4. The third-order valence-electron chi connectivity index (χ3n) is 5.99. The van der Waals surface area contributed by atoms with E-state index in [9.17, 15) is 23.2 Å². The minimum atomic E-state index is -4.50. The molecule has 1 aromatic carbocycles. The average Bonchev–Trinajstić information content (AvgIpc) is 3.24. The summed E-state index contributed by atoms with van der Waals surface area (Å²) in [6, 6.07) is 13.9. The van der Waals surface area contributed by atoms with Crippen molar-refractivity contribution in [1.29, 1.82) is 5.26 Å². The van der Waals surface area contributed by atoms with Crippen molar-refractivity contribution >= 4 is 17.4 Å². The summed E-state index contributed by atoms with van der Waals surface area (Å²) in [4.78, 5) is 18.3. The van der Waals surface area contributed by atoms with Crippen LogP contribution in [0.5, 0.6) is 0 Å². The monoisotopic (exact) mass is 441 g/mol. The molecule has 32 heavy (non-hydrogen) atoms. The van der Waals surface area contributed by atoms with Crippen LogP contribution in [0.1, 0.15) is 47.3 Å². The van der Waals surface area contributed by atoms with Crippen molar-refractivity contribution in [3.8, 4) is 6.07 Å². The van der Waals surface area contributed by atoms with Crippen molar-refractivity contribution in [2.45, 2.75) is 43.9 Å². The molecule has 0 aliphatic heterocycles. The molecule has 6 nitrogen and oxygen atoms in total. The second-order valence-electron chi connectivity index (χ2n) is 7.98. The van der Waals surface area contributed by atoms with E-state index in [0.29, 0.717) is 16.9 Å². The van der Waals surface area contributed by atoms with Gasteiger partial charge in [-0.25, -0.2) is 4.98 Å². The lowest BCUT2D eigenvalue weighted by Gasteiger charge is -2.36. The fourth-order valence-corrected chi connectivity index (χ4v) is 4.26. The van der Waals surface area contributed by atoms with Gasteiger partial charge in [-0.1, -0.05) is 18.2 Å². The van der Waals surface area contributed by atoms with E-state index in [1.165, 1.54) is 4.40 Å². The minimum absolute atomic E-state index is 0.0141. The number of nitrogens with one attached hydrogen (secondary N) is 1. The largest absolute Gasteiger partial charge is 0.434 e. The van der Waals surface area contributed by atoms with E-state index < -0.39 is 11.9 Å². The molecule has 166 valence electrons. The minimum Gasteiger partial charge on any atom is -0.358 e. The van der Waals surface area contributed by atoms with Crippen LogP contribution in [0, 0.1) is 11.3 Å². The smallest absolute Gasteiger partial charge is 0.358 e. The molecule has 1 aliphatic rings. The first-order valence-electron chi connectivity index (χ1n) is 10.4. The predicted molar refractivity (Wildman–Crippen MR) is 113 cm³/mol. The Kier molecular flexibility index (Phi) is 5.78. The third-order valence-corrected chi connectivity index (χ3v) is 5.99. The first-order valence-corrected chi connectivity index (χ1v) is 10.4. The fourth-order valence-electron chi connectivity index (χ4n) is 4.26. The molecule has 0 bridgehead atoms. The van der Waals surface area contributed by atoms with Gasteiger partial charge in [0.2, 0.25) is 0 Å². The number of benzene rings is 1. The molecule has 1 amide bonds. The van der Waals surface area contributed by atoms with Gasteiger partial charge in [0.25, 0.3) is 5.91 Å². The van der Waals surface area contributed by atoms with E-state index in [1.807, 2.05) is 18.0 Å². The van der Waals surface area contributed by atoms with Crippen LogP contribution in [0.25, 0.3) is 5.65 Å². The highest BCUT2D eigenvalue weighted by Crippen LogP contribution is 2.31. The Morgan fingerprint density at radius 3 is 2.56 bits per heavy atom. The van der Waals surface area contributed by atoms with Crippen molar-refractivity contribution < 1.29 is 18.0 Å². The number of pyridine rings is 1. The van der Waals surface area contributed by atoms with Crippen molar-refractivity contribution in [3.05, 3.63) is 65.5 Å². The van der Waals surface area contributed by atoms with Crippen LogP contribution >= 0.6 is 0 Å². The number of aromatic nitrogens is 2. The summed E-state index contributed by atoms with van der Waals surface area (Å²) < 4.78 is 40.7. The van der Waals surface area contributed by atoms with Gasteiger partial charge in [0.1, 0.15) is 11.5 Å². The van der Waals surface area contributed by atoms with Crippen LogP contribution < -0.4 is 10.2 Å². The van der Waals surface area contributed by atoms with Crippen LogP contribution in [0.3, 0.4) is 0 Å². The molecule has 0 spiro atoms. The Hall–Kier alpha value is -3.54. The van der Waals surface area contributed by atoms with Crippen LogP contribution in [0.4, 0.5) is 19.0 Å². The summed E-state index contributed by atoms with van der Waals surface area (Å²) >= 11 is 0. The molecule has 2 heterocycles. The predicted octanol–water partition coefficient (Wildman–Crippen LogP) is 4.40. The Labute approximate surface area is 183 Å². The van der Waals surface area contributed by atoms with Gasteiger partial charge in [0.05, 0.1) is 17.2 Å². The van der Waals surface area contributed by atoms with Crippen molar-refractivity contribution in [2.75, 3.05) is 11.9 Å². The number of nitrogens with zero attached hydrogens (tertiary/aromatic N) is 4. The van der Waals surface area contributed by atoms with Crippen molar-refractivity contribution in [1.82, 2.24) is 14.7 Å². The summed E-state index contributed by atoms with van der Waals surface area (Å²) in [5, 5.41) is 12.2. The molecule has 4 rings (SSSR count). The van der Waals surface area contributed by atoms with Gasteiger partial charge in [0.15, 0.2) is 5.69 Å². The van der Waals surface area contributed by atoms with Crippen molar-refractivity contribution in [3.63, 3.8) is 0 Å². The Balaban J connectivity index is 1.43. The maximum Gasteiger partial charge on any atom is 0.434 e. The van der Waals surface area contributed by atoms with Gasteiger partial charge in [0, 0.05) is 25.3 Å². The fraction of sp³-hybridized carbons (Fsp3) is 0.348. The molecule has 0 saturated heterocycles. The first kappa shape index (κ1) is 21.7. The molecule has 1 saturated carbocycles. The summed E-state index contributed by atoms with van der Waals surface area (Å²) in [6.07, 6.45) is -0.439. The number of amides is 1. The number of halogens is 3. The molecule has 2 aromatic heterocycles. The van der Waals surface area contributed by atoms with Gasteiger partial charge < -0.3 is 10.2 Å². The van der Waals surface area contributed by atoms with Gasteiger partial charge in [-0.05, 0) is 49.9 Å². The Bertz CT molecular complexity index is 1170. The summed E-state index contributed by atoms with van der Waals surface area (Å²) in [5.41, 5.74) is 0.0350. The number of anilines is 1. The molecular formula is C23H22F3N5O. The number of imidazole rings is 1. The van der Waals surface area contributed by atoms with E-state index in [2.05, 4.69) is 10.3 Å². The number of hydrogen-bond acceptors (Lipinski definition) is 4. The molecule has 0 unspecified atom stereocenters. The molecule has 9 heteroatoms. The lowest BCUT2D eigenvalue weighted by Crippen LogP contribution is -2.43. The van der Waals surface area contributed by atoms with Crippen LogP contribution in [0.2, 0.25) is 0 Å². The van der Waals surface area contributed by atoms with E-state index >= 15 is 0 Å². The molecule has 1 aliphatic carbocycles. The Morgan fingerprint density at radius 1 is 1.16 bits per heavy atom. The second kappa shape index (κ2) is 8.54. The number of hydrogen-bond donors (Lipinski definition) is 1. The highest BCUT2D eigenvalue weighted by Gasteiger charge is 2.34. The van der Waals surface area contributed by atoms with E-state index in [4.69, 9.17) is 0 Å². The second-order valence-corrected chi connectivity index (χ2v) is 7.98. The average molecular weight is 441 g/mol. The topological polar surface area (TPSA) is 73.4 Å². The van der Waals surface area contributed by atoms with Gasteiger partial charge >= 0.3 is 6.18 Å². The van der Waals surface area contributed by atoms with Gasteiger partial charge in [-0.3, -0.25) is 9.20 Å². The van der Waals surface area contributed by atoms with Gasteiger partial charge in [-0.15, -0.1) is 0 Å². The number of nitriles is 1. The molecule has 1 fully saturated rings. The van der Waals surface area contributed by atoms with E-state index in [1.54, 1.807) is 42.5 Å². The number of rotatable bonds is 4. The molecular weight excluding hydrogens is 419 g/mol. The highest BCUT2D eigenvalue weighted by atomic mass is 19.4. The summed E-state index contributed by atoms with van der Waals surface area (Å²) in [5.74, 6) is 0.378. The standard InChI is InChI=1S/C23H22F3N5O/c1-30(21-8-4-7-20-29-19(14-31(20)21)23(24,25)26)17-11-9-16(10-12-17)28-22(32)18-6-3-2-5-15(18)13-27/h2-8,14,16-17H,9-12H2,1H3,(H,28,32)/t16-,17+. The summed E-state index contributed by atoms with van der Waals surface area (Å²) in [7, 11) is 1.87. The zero-order chi connectivity index (χ0) is 22.9. The molecule has 1 N–H and O–H groups in total. The molecule has 0 radical (unpaired) electrons. The normalized spacial score (nSPS) is 18.8. The lowest BCUT2D eigenvalue weighted by atomic mass is 9.90. The summed E-state index contributed by atoms with van der Waals surface area (Å²) in [6.45, 7) is 0. The van der Waals surface area contributed by atoms with Gasteiger partial charge in [-0.2, -0.15) is 18.4 Å². The lowest BCUT2D eigenvalue weighted by molar-refractivity contribution is -0.140. The van der Waals surface area contributed by atoms with E-state index in [0.717, 1.165) is 31.9 Å². The van der Waals surface area contributed by atoms with Crippen LogP contribution in [-0.4, -0.2) is 34.4 Å². The first-order chi connectivity index (χ1) is 15.3.